The second-order valence-electron chi connectivity index (χ2n) is 4.74. The quantitative estimate of drug-likeness (QED) is 0.827. The van der Waals surface area contributed by atoms with E-state index in [0.717, 1.165) is 29.9 Å². The number of nitrogens with zero attached hydrogens (tertiary/aromatic N) is 2. The minimum absolute atomic E-state index is 0.377. The molecule has 1 fully saturated rings. The number of rotatable bonds is 3. The number of H-pyrrole nitrogens is 1. The first-order chi connectivity index (χ1) is 7.63. The van der Waals surface area contributed by atoms with Crippen LogP contribution in [0.15, 0.2) is 0 Å². The summed E-state index contributed by atoms with van der Waals surface area (Å²) < 4.78 is 8.32. The van der Waals surface area contributed by atoms with E-state index in [1.807, 2.05) is 0 Å². The monoisotopic (exact) mass is 241 g/mol. The van der Waals surface area contributed by atoms with Crippen LogP contribution in [0.3, 0.4) is 0 Å². The van der Waals surface area contributed by atoms with Gasteiger partial charge in [0.1, 0.15) is 5.82 Å². The van der Waals surface area contributed by atoms with Gasteiger partial charge in [0.25, 0.3) is 0 Å². The predicted molar refractivity (Wildman–Crippen MR) is 65.2 cm³/mol. The average molecular weight is 241 g/mol. The van der Waals surface area contributed by atoms with E-state index in [-0.39, 0.29) is 0 Å². The molecule has 1 N–H and O–H groups in total. The van der Waals surface area contributed by atoms with Crippen LogP contribution in [0.4, 0.5) is 0 Å². The van der Waals surface area contributed by atoms with Crippen molar-refractivity contribution in [3.63, 3.8) is 0 Å². The molecule has 2 unspecified atom stereocenters. The zero-order valence-electron chi connectivity index (χ0n) is 10.1. The van der Waals surface area contributed by atoms with Crippen LogP contribution >= 0.6 is 12.2 Å². The molecule has 1 aliphatic rings. The first-order valence-electron chi connectivity index (χ1n) is 5.83. The molecular weight excluding hydrogens is 222 g/mol. The van der Waals surface area contributed by atoms with Crippen LogP contribution in [-0.4, -0.2) is 28.0 Å². The lowest BCUT2D eigenvalue weighted by molar-refractivity contribution is 0.105. The summed E-state index contributed by atoms with van der Waals surface area (Å²) in [5.74, 6) is 1.46. The lowest BCUT2D eigenvalue weighted by Gasteiger charge is -2.16. The van der Waals surface area contributed by atoms with E-state index in [0.29, 0.717) is 18.1 Å². The molecule has 1 heterocycles. The third kappa shape index (κ3) is 2.06. The third-order valence-corrected chi connectivity index (χ3v) is 3.59. The van der Waals surface area contributed by atoms with Crippen molar-refractivity contribution in [1.29, 1.82) is 0 Å². The van der Waals surface area contributed by atoms with E-state index in [1.54, 1.807) is 7.11 Å². The van der Waals surface area contributed by atoms with Crippen molar-refractivity contribution >= 4 is 12.2 Å². The predicted octanol–water partition coefficient (Wildman–Crippen LogP) is 2.80. The molecule has 90 valence electrons. The van der Waals surface area contributed by atoms with Crippen molar-refractivity contribution in [3.05, 3.63) is 10.6 Å². The highest BCUT2D eigenvalue weighted by atomic mass is 32.1. The molecule has 1 aliphatic carbocycles. The Hall–Kier alpha value is -0.680. The van der Waals surface area contributed by atoms with Crippen LogP contribution in [0, 0.1) is 4.77 Å². The zero-order chi connectivity index (χ0) is 11.7. The number of aromatic nitrogens is 3. The molecule has 0 saturated heterocycles. The van der Waals surface area contributed by atoms with E-state index in [9.17, 15) is 0 Å². The largest absolute Gasteiger partial charge is 0.381 e. The number of methoxy groups -OCH3 is 1. The number of hydrogen-bond donors (Lipinski definition) is 1. The van der Waals surface area contributed by atoms with E-state index in [2.05, 4.69) is 28.6 Å². The smallest absolute Gasteiger partial charge is 0.195 e. The van der Waals surface area contributed by atoms with Gasteiger partial charge in [-0.3, -0.25) is 5.10 Å². The van der Waals surface area contributed by atoms with Gasteiger partial charge in [0, 0.05) is 19.1 Å². The summed E-state index contributed by atoms with van der Waals surface area (Å²) in [4.78, 5) is 0. The van der Waals surface area contributed by atoms with E-state index in [1.165, 1.54) is 0 Å². The van der Waals surface area contributed by atoms with Crippen molar-refractivity contribution < 1.29 is 4.74 Å². The van der Waals surface area contributed by atoms with Crippen molar-refractivity contribution in [2.24, 2.45) is 0 Å². The molecule has 1 saturated carbocycles. The molecule has 2 rings (SSSR count). The van der Waals surface area contributed by atoms with Crippen molar-refractivity contribution in [2.45, 2.75) is 51.2 Å². The Labute approximate surface area is 101 Å². The minimum Gasteiger partial charge on any atom is -0.381 e. The van der Waals surface area contributed by atoms with Crippen molar-refractivity contribution in [1.82, 2.24) is 14.8 Å². The summed E-state index contributed by atoms with van der Waals surface area (Å²) in [6.45, 7) is 4.29. The summed E-state index contributed by atoms with van der Waals surface area (Å²) in [6, 6.07) is 0.452. The second-order valence-corrected chi connectivity index (χ2v) is 5.12. The zero-order valence-corrected chi connectivity index (χ0v) is 10.9. The fourth-order valence-corrected chi connectivity index (χ4v) is 2.73. The Balaban J connectivity index is 2.27. The molecule has 0 bridgehead atoms. The Morgan fingerprint density at radius 2 is 2.25 bits per heavy atom. The molecule has 0 amide bonds. The number of nitrogens with one attached hydrogen (secondary N) is 1. The van der Waals surface area contributed by atoms with E-state index in [4.69, 9.17) is 17.0 Å². The summed E-state index contributed by atoms with van der Waals surface area (Å²) in [6.07, 6.45) is 3.67. The van der Waals surface area contributed by atoms with Crippen molar-refractivity contribution in [2.75, 3.05) is 7.11 Å². The van der Waals surface area contributed by atoms with Gasteiger partial charge in [0.05, 0.1) is 6.10 Å². The van der Waals surface area contributed by atoms with Crippen LogP contribution in [0.1, 0.15) is 50.9 Å². The molecule has 5 heteroatoms. The van der Waals surface area contributed by atoms with Gasteiger partial charge in [-0.2, -0.15) is 5.10 Å². The molecule has 16 heavy (non-hydrogen) atoms. The first-order valence-corrected chi connectivity index (χ1v) is 6.24. The Kier molecular flexibility index (Phi) is 3.44. The summed E-state index contributed by atoms with van der Waals surface area (Å²) in [7, 11) is 1.78. The maximum absolute atomic E-state index is 5.40. The molecule has 0 spiro atoms. The molecular formula is C11H19N3OS. The molecule has 4 nitrogen and oxygen atoms in total. The number of aromatic amines is 1. The maximum Gasteiger partial charge on any atom is 0.195 e. The fourth-order valence-electron chi connectivity index (χ4n) is 2.44. The van der Waals surface area contributed by atoms with Gasteiger partial charge in [-0.05, 0) is 31.5 Å². The van der Waals surface area contributed by atoms with Crippen LogP contribution in [0.25, 0.3) is 0 Å². The van der Waals surface area contributed by atoms with Gasteiger partial charge >= 0.3 is 0 Å². The standard InChI is InChI=1S/C11H19N3OS/c1-7(2)10-12-13-11(16)14(10)8-4-5-9(6-8)15-3/h7-9H,4-6H2,1-3H3,(H,13,16). The summed E-state index contributed by atoms with van der Waals surface area (Å²) in [5.41, 5.74) is 0. The third-order valence-electron chi connectivity index (χ3n) is 3.30. The summed E-state index contributed by atoms with van der Waals surface area (Å²) in [5, 5.41) is 7.22. The van der Waals surface area contributed by atoms with Gasteiger partial charge in [-0.1, -0.05) is 13.8 Å². The van der Waals surface area contributed by atoms with Crippen LogP contribution < -0.4 is 0 Å². The molecule has 1 aromatic rings. The van der Waals surface area contributed by atoms with Gasteiger partial charge in [0.2, 0.25) is 0 Å². The van der Waals surface area contributed by atoms with Gasteiger partial charge in [0.15, 0.2) is 4.77 Å². The molecule has 0 radical (unpaired) electrons. The van der Waals surface area contributed by atoms with Crippen LogP contribution in [0.2, 0.25) is 0 Å². The van der Waals surface area contributed by atoms with Gasteiger partial charge in [-0.15, -0.1) is 0 Å². The highest BCUT2D eigenvalue weighted by Gasteiger charge is 2.28. The minimum atomic E-state index is 0.377. The van der Waals surface area contributed by atoms with Crippen LogP contribution in [-0.2, 0) is 4.74 Å². The van der Waals surface area contributed by atoms with Crippen molar-refractivity contribution in [3.8, 4) is 0 Å². The summed E-state index contributed by atoms with van der Waals surface area (Å²) >= 11 is 5.31. The lowest BCUT2D eigenvalue weighted by Crippen LogP contribution is -2.13. The molecule has 1 aromatic heterocycles. The molecule has 0 aromatic carbocycles. The first kappa shape index (κ1) is 11.8. The molecule has 0 aliphatic heterocycles. The maximum atomic E-state index is 5.40. The van der Waals surface area contributed by atoms with Gasteiger partial charge < -0.3 is 9.30 Å². The number of ether oxygens (including phenoxy) is 1. The average Bonchev–Trinajstić information content (AvgIpc) is 2.83. The SMILES string of the molecule is COC1CCC(n2c(C(C)C)n[nH]c2=S)C1. The highest BCUT2D eigenvalue weighted by Crippen LogP contribution is 2.33. The van der Waals surface area contributed by atoms with Crippen LogP contribution in [0.5, 0.6) is 0 Å². The van der Waals surface area contributed by atoms with E-state index >= 15 is 0 Å². The molecule has 2 atom stereocenters. The van der Waals surface area contributed by atoms with Gasteiger partial charge in [-0.25, -0.2) is 0 Å². The Morgan fingerprint density at radius 1 is 1.50 bits per heavy atom. The fraction of sp³-hybridized carbons (Fsp3) is 0.818. The highest BCUT2D eigenvalue weighted by molar-refractivity contribution is 7.71. The normalized spacial score (nSPS) is 25.5. The topological polar surface area (TPSA) is 42.8 Å². The Bertz CT molecular complexity index is 410. The van der Waals surface area contributed by atoms with E-state index < -0.39 is 0 Å². The second kappa shape index (κ2) is 4.67. The lowest BCUT2D eigenvalue weighted by atomic mass is 10.2. The number of hydrogen-bond acceptors (Lipinski definition) is 3. The Morgan fingerprint density at radius 3 is 2.81 bits per heavy atom.